The molecule has 0 aliphatic heterocycles. The predicted octanol–water partition coefficient (Wildman–Crippen LogP) is 1.38. The lowest BCUT2D eigenvalue weighted by Gasteiger charge is -2.06. The Kier molecular flexibility index (Phi) is 4.14. The summed E-state index contributed by atoms with van der Waals surface area (Å²) in [4.78, 5) is 30.9. The lowest BCUT2D eigenvalue weighted by atomic mass is 10.2. The van der Waals surface area contributed by atoms with Gasteiger partial charge in [-0.1, -0.05) is 0 Å². The minimum Gasteiger partial charge on any atom is -0.477 e. The van der Waals surface area contributed by atoms with Gasteiger partial charge in [0.1, 0.15) is 21.9 Å². The van der Waals surface area contributed by atoms with Crippen LogP contribution in [0.5, 0.6) is 0 Å². The number of rotatable bonds is 6. The molecule has 0 radical (unpaired) electrons. The number of aromatic carboxylic acids is 1. The van der Waals surface area contributed by atoms with Crippen LogP contribution in [0.1, 0.15) is 28.1 Å². The van der Waals surface area contributed by atoms with Gasteiger partial charge in [-0.05, 0) is 18.9 Å². The second kappa shape index (κ2) is 5.83. The first-order valence-corrected chi connectivity index (χ1v) is 6.82. The first kappa shape index (κ1) is 14.2. The molecule has 8 heteroatoms. The number of aromatic nitrogens is 2. The number of primary amides is 1. The highest BCUT2D eigenvalue weighted by Gasteiger charge is 2.18. The van der Waals surface area contributed by atoms with Crippen LogP contribution in [0.2, 0.25) is 0 Å². The van der Waals surface area contributed by atoms with Crippen molar-refractivity contribution >= 4 is 39.2 Å². The molecule has 0 aliphatic rings. The van der Waals surface area contributed by atoms with Gasteiger partial charge >= 0.3 is 5.97 Å². The summed E-state index contributed by atoms with van der Waals surface area (Å²) in [5, 5.41) is 12.9. The van der Waals surface area contributed by atoms with Crippen LogP contribution in [0, 0.1) is 6.92 Å². The van der Waals surface area contributed by atoms with Crippen LogP contribution in [0.15, 0.2) is 6.33 Å². The molecule has 0 atom stereocenters. The number of aryl methyl sites for hydroxylation is 1. The van der Waals surface area contributed by atoms with Gasteiger partial charge in [-0.15, -0.1) is 11.3 Å². The van der Waals surface area contributed by atoms with Crippen LogP contribution >= 0.6 is 11.3 Å². The monoisotopic (exact) mass is 294 g/mol. The Morgan fingerprint density at radius 2 is 2.20 bits per heavy atom. The SMILES string of the molecule is Cc1c(C(=O)O)sc2ncnc(NCCCC(N)=O)c12. The van der Waals surface area contributed by atoms with E-state index < -0.39 is 5.97 Å². The molecule has 0 bridgehead atoms. The van der Waals surface area contributed by atoms with Gasteiger partial charge in [0.15, 0.2) is 0 Å². The maximum absolute atomic E-state index is 11.1. The molecule has 2 aromatic heterocycles. The lowest BCUT2D eigenvalue weighted by molar-refractivity contribution is -0.118. The van der Waals surface area contributed by atoms with Crippen LogP contribution in [0.4, 0.5) is 5.82 Å². The van der Waals surface area contributed by atoms with Crippen LogP contribution in [0.3, 0.4) is 0 Å². The van der Waals surface area contributed by atoms with Crippen LogP contribution in [0.25, 0.3) is 10.2 Å². The van der Waals surface area contributed by atoms with Crippen LogP contribution < -0.4 is 11.1 Å². The summed E-state index contributed by atoms with van der Waals surface area (Å²) in [6.45, 7) is 2.27. The first-order chi connectivity index (χ1) is 9.50. The van der Waals surface area contributed by atoms with Crippen molar-refractivity contribution in [3.63, 3.8) is 0 Å². The van der Waals surface area contributed by atoms with Gasteiger partial charge in [0, 0.05) is 13.0 Å². The van der Waals surface area contributed by atoms with E-state index in [0.717, 1.165) is 11.3 Å². The lowest BCUT2D eigenvalue weighted by Crippen LogP contribution is -2.13. The molecule has 106 valence electrons. The van der Waals surface area contributed by atoms with Gasteiger partial charge < -0.3 is 16.2 Å². The van der Waals surface area contributed by atoms with Crippen molar-refractivity contribution in [1.82, 2.24) is 9.97 Å². The molecule has 0 saturated carbocycles. The molecule has 0 aromatic carbocycles. The number of nitrogens with two attached hydrogens (primary N) is 1. The van der Waals surface area contributed by atoms with Gasteiger partial charge in [-0.3, -0.25) is 4.79 Å². The van der Waals surface area contributed by atoms with Gasteiger partial charge in [-0.2, -0.15) is 0 Å². The maximum atomic E-state index is 11.1. The van der Waals surface area contributed by atoms with E-state index in [1.807, 2.05) is 0 Å². The number of fused-ring (bicyclic) bond motifs is 1. The Labute approximate surface area is 118 Å². The number of carboxylic acid groups (broad SMARTS) is 1. The molecule has 0 fully saturated rings. The highest BCUT2D eigenvalue weighted by molar-refractivity contribution is 7.20. The number of anilines is 1. The number of nitrogens with zero attached hydrogens (tertiary/aromatic N) is 2. The standard InChI is InChI=1S/C12H14N4O3S/c1-6-8-10(14-4-2-3-7(13)17)15-5-16-11(8)20-9(6)12(18)19/h5H,2-4H2,1H3,(H2,13,17)(H,18,19)(H,14,15,16). The highest BCUT2D eigenvalue weighted by Crippen LogP contribution is 2.33. The fourth-order valence-corrected chi connectivity index (χ4v) is 2.87. The smallest absolute Gasteiger partial charge is 0.346 e. The summed E-state index contributed by atoms with van der Waals surface area (Å²) in [7, 11) is 0. The average molecular weight is 294 g/mol. The zero-order valence-corrected chi connectivity index (χ0v) is 11.7. The van der Waals surface area contributed by atoms with E-state index in [1.165, 1.54) is 6.33 Å². The minimum atomic E-state index is -0.967. The van der Waals surface area contributed by atoms with Gasteiger partial charge in [-0.25, -0.2) is 14.8 Å². The second-order valence-electron chi connectivity index (χ2n) is 4.26. The van der Waals surface area contributed by atoms with E-state index in [1.54, 1.807) is 6.92 Å². The fourth-order valence-electron chi connectivity index (χ4n) is 1.88. The Morgan fingerprint density at radius 1 is 1.45 bits per heavy atom. The second-order valence-corrected chi connectivity index (χ2v) is 5.26. The fraction of sp³-hybridized carbons (Fsp3) is 0.333. The molecule has 4 N–H and O–H groups in total. The van der Waals surface area contributed by atoms with Crippen LogP contribution in [-0.2, 0) is 4.79 Å². The molecule has 0 spiro atoms. The van der Waals surface area contributed by atoms with Gasteiger partial charge in [0.2, 0.25) is 5.91 Å². The quantitative estimate of drug-likeness (QED) is 0.692. The van der Waals surface area contributed by atoms with E-state index in [2.05, 4.69) is 15.3 Å². The molecule has 2 heterocycles. The third kappa shape index (κ3) is 2.85. The normalized spacial score (nSPS) is 10.7. The molecule has 0 aliphatic carbocycles. The summed E-state index contributed by atoms with van der Waals surface area (Å²) in [5.41, 5.74) is 5.72. The Hall–Kier alpha value is -2.22. The molecular weight excluding hydrogens is 280 g/mol. The van der Waals surface area contributed by atoms with Gasteiger partial charge in [0.25, 0.3) is 0 Å². The first-order valence-electron chi connectivity index (χ1n) is 6.00. The van der Waals surface area contributed by atoms with E-state index in [4.69, 9.17) is 10.8 Å². The number of hydrogen-bond donors (Lipinski definition) is 3. The van der Waals surface area contributed by atoms with Crippen molar-refractivity contribution < 1.29 is 14.7 Å². The molecule has 0 saturated heterocycles. The Balaban J connectivity index is 2.25. The molecule has 2 rings (SSSR count). The number of thiophene rings is 1. The molecule has 0 unspecified atom stereocenters. The van der Waals surface area contributed by atoms with Crippen molar-refractivity contribution in [3.05, 3.63) is 16.8 Å². The average Bonchev–Trinajstić information content (AvgIpc) is 2.73. The number of carboxylic acids is 1. The van der Waals surface area contributed by atoms with Crippen LogP contribution in [-0.4, -0.2) is 33.5 Å². The summed E-state index contributed by atoms with van der Waals surface area (Å²) < 4.78 is 0. The van der Waals surface area contributed by atoms with E-state index >= 15 is 0 Å². The zero-order chi connectivity index (χ0) is 14.7. The summed E-state index contributed by atoms with van der Waals surface area (Å²) >= 11 is 1.13. The van der Waals surface area contributed by atoms with Crippen molar-refractivity contribution in [2.75, 3.05) is 11.9 Å². The van der Waals surface area contributed by atoms with Crippen molar-refractivity contribution in [3.8, 4) is 0 Å². The molecule has 1 amide bonds. The third-order valence-electron chi connectivity index (χ3n) is 2.81. The van der Waals surface area contributed by atoms with E-state index in [0.29, 0.717) is 41.0 Å². The number of hydrogen-bond acceptors (Lipinski definition) is 6. The minimum absolute atomic E-state index is 0.265. The molecule has 2 aromatic rings. The Morgan fingerprint density at radius 3 is 2.85 bits per heavy atom. The van der Waals surface area contributed by atoms with Crippen molar-refractivity contribution in [2.45, 2.75) is 19.8 Å². The topological polar surface area (TPSA) is 118 Å². The number of nitrogens with one attached hydrogen (secondary N) is 1. The van der Waals surface area contributed by atoms with E-state index in [9.17, 15) is 9.59 Å². The third-order valence-corrected chi connectivity index (χ3v) is 4.00. The maximum Gasteiger partial charge on any atom is 0.346 e. The Bertz CT molecular complexity index is 668. The molecular formula is C12H14N4O3S. The summed E-state index contributed by atoms with van der Waals surface area (Å²) in [6.07, 6.45) is 2.28. The van der Waals surface area contributed by atoms with Gasteiger partial charge in [0.05, 0.1) is 5.39 Å². The van der Waals surface area contributed by atoms with Crippen molar-refractivity contribution in [1.29, 1.82) is 0 Å². The van der Waals surface area contributed by atoms with Crippen molar-refractivity contribution in [2.24, 2.45) is 5.73 Å². The highest BCUT2D eigenvalue weighted by atomic mass is 32.1. The molecule has 7 nitrogen and oxygen atoms in total. The number of carbonyl (C=O) groups excluding carboxylic acids is 1. The number of carbonyl (C=O) groups is 2. The van der Waals surface area contributed by atoms with E-state index in [-0.39, 0.29) is 10.8 Å². The predicted molar refractivity (Wildman–Crippen MR) is 76.0 cm³/mol. The molecule has 20 heavy (non-hydrogen) atoms. The summed E-state index contributed by atoms with van der Waals surface area (Å²) in [5.74, 6) is -0.731. The summed E-state index contributed by atoms with van der Waals surface area (Å²) in [6, 6.07) is 0. The largest absolute Gasteiger partial charge is 0.477 e. The number of amides is 1. The zero-order valence-electron chi connectivity index (χ0n) is 10.8.